The molecular weight excluding hydrogens is 218 g/mol. The molecule has 2 N–H and O–H groups in total. The third-order valence-corrected chi connectivity index (χ3v) is 3.13. The predicted octanol–water partition coefficient (Wildman–Crippen LogP) is 3.04. The van der Waals surface area contributed by atoms with Crippen LogP contribution >= 0.6 is 22.9 Å². The fourth-order valence-electron chi connectivity index (χ4n) is 1.25. The van der Waals surface area contributed by atoms with E-state index in [9.17, 15) is 0 Å². The summed E-state index contributed by atoms with van der Waals surface area (Å²) in [7, 11) is 0. The van der Waals surface area contributed by atoms with Crippen molar-refractivity contribution in [2.45, 2.75) is 13.0 Å². The Morgan fingerprint density at radius 3 is 2.57 bits per heavy atom. The minimum absolute atomic E-state index is 0.450. The highest BCUT2D eigenvalue weighted by atomic mass is 35.5. The first kappa shape index (κ1) is 9.77. The quantitative estimate of drug-likeness (QED) is 0.876. The van der Waals surface area contributed by atoms with Crippen LogP contribution in [0.5, 0.6) is 0 Å². The molecule has 0 radical (unpaired) electrons. The van der Waals surface area contributed by atoms with Gasteiger partial charge in [0.05, 0.1) is 10.9 Å². The third kappa shape index (κ3) is 2.18. The van der Waals surface area contributed by atoms with Crippen LogP contribution in [0.3, 0.4) is 0 Å². The van der Waals surface area contributed by atoms with E-state index in [1.54, 1.807) is 11.3 Å². The van der Waals surface area contributed by atoms with E-state index in [0.717, 1.165) is 22.3 Å². The Bertz CT molecular complexity index is 421. The highest BCUT2D eigenvalue weighted by molar-refractivity contribution is 7.16. The van der Waals surface area contributed by atoms with E-state index in [4.69, 9.17) is 21.8 Å². The molecule has 0 amide bonds. The third-order valence-electron chi connectivity index (χ3n) is 1.90. The van der Waals surface area contributed by atoms with Gasteiger partial charge in [-0.2, -0.15) is 0 Å². The lowest BCUT2D eigenvalue weighted by Gasteiger charge is -1.92. The summed E-state index contributed by atoms with van der Waals surface area (Å²) >= 11 is 7.40. The molecule has 0 atom stereocenters. The molecule has 2 heterocycles. The van der Waals surface area contributed by atoms with Crippen molar-refractivity contribution in [2.75, 3.05) is 0 Å². The Morgan fingerprint density at radius 2 is 2.00 bits per heavy atom. The Balaban J connectivity index is 2.10. The summed E-state index contributed by atoms with van der Waals surface area (Å²) in [5.74, 6) is 1.76. The second-order valence-corrected chi connectivity index (χ2v) is 4.75. The lowest BCUT2D eigenvalue weighted by Crippen LogP contribution is -1.92. The number of furan rings is 1. The number of hydrogen-bond acceptors (Lipinski definition) is 3. The molecular formula is C10H10ClNOS. The smallest absolute Gasteiger partial charge is 0.117 e. The zero-order chi connectivity index (χ0) is 9.97. The normalized spacial score (nSPS) is 10.7. The molecule has 0 saturated carbocycles. The topological polar surface area (TPSA) is 39.2 Å². The van der Waals surface area contributed by atoms with Gasteiger partial charge in [-0.25, -0.2) is 0 Å². The van der Waals surface area contributed by atoms with Gasteiger partial charge in [0.1, 0.15) is 11.5 Å². The number of nitrogens with two attached hydrogens (primary N) is 1. The number of hydrogen-bond donors (Lipinski definition) is 1. The van der Waals surface area contributed by atoms with Gasteiger partial charge in [-0.3, -0.25) is 0 Å². The van der Waals surface area contributed by atoms with E-state index in [1.165, 1.54) is 4.88 Å². The molecule has 0 aromatic carbocycles. The Kier molecular flexibility index (Phi) is 2.91. The number of halogens is 1. The largest absolute Gasteiger partial charge is 0.464 e. The summed E-state index contributed by atoms with van der Waals surface area (Å²) in [5.41, 5.74) is 5.45. The van der Waals surface area contributed by atoms with Crippen molar-refractivity contribution in [2.24, 2.45) is 5.73 Å². The first-order valence-corrected chi connectivity index (χ1v) is 5.49. The van der Waals surface area contributed by atoms with E-state index in [1.807, 2.05) is 24.3 Å². The van der Waals surface area contributed by atoms with Gasteiger partial charge >= 0.3 is 0 Å². The standard InChI is InChI=1S/C10H10ClNOS/c11-10-4-3-9(14-10)5-7-1-2-8(6-12)13-7/h1-4H,5-6,12H2. The molecule has 0 aliphatic carbocycles. The maximum Gasteiger partial charge on any atom is 0.117 e. The molecule has 2 rings (SSSR count). The first-order chi connectivity index (χ1) is 6.78. The fourth-order valence-corrected chi connectivity index (χ4v) is 2.34. The molecule has 14 heavy (non-hydrogen) atoms. The molecule has 2 nitrogen and oxygen atoms in total. The van der Waals surface area contributed by atoms with Crippen LogP contribution in [0.4, 0.5) is 0 Å². The van der Waals surface area contributed by atoms with Gasteiger partial charge in [0, 0.05) is 11.3 Å². The summed E-state index contributed by atoms with van der Waals surface area (Å²) < 4.78 is 6.30. The molecule has 74 valence electrons. The average molecular weight is 228 g/mol. The van der Waals surface area contributed by atoms with Gasteiger partial charge < -0.3 is 10.2 Å². The van der Waals surface area contributed by atoms with Gasteiger partial charge in [0.2, 0.25) is 0 Å². The van der Waals surface area contributed by atoms with E-state index in [2.05, 4.69) is 0 Å². The van der Waals surface area contributed by atoms with Crippen molar-refractivity contribution in [3.05, 3.63) is 45.0 Å². The maximum atomic E-state index is 5.83. The van der Waals surface area contributed by atoms with Gasteiger partial charge in [-0.1, -0.05) is 11.6 Å². The lowest BCUT2D eigenvalue weighted by molar-refractivity contribution is 0.476. The molecule has 2 aromatic rings. The second kappa shape index (κ2) is 4.17. The lowest BCUT2D eigenvalue weighted by atomic mass is 10.3. The zero-order valence-corrected chi connectivity index (χ0v) is 9.07. The summed E-state index contributed by atoms with van der Waals surface area (Å²) in [5, 5.41) is 0. The SMILES string of the molecule is NCc1ccc(Cc2ccc(Cl)s2)o1. The van der Waals surface area contributed by atoms with Crippen LogP contribution < -0.4 is 5.73 Å². The number of thiophene rings is 1. The second-order valence-electron chi connectivity index (χ2n) is 2.95. The van der Waals surface area contributed by atoms with Crippen molar-refractivity contribution in [1.82, 2.24) is 0 Å². The minimum atomic E-state index is 0.450. The molecule has 0 saturated heterocycles. The highest BCUT2D eigenvalue weighted by Crippen LogP contribution is 2.24. The van der Waals surface area contributed by atoms with E-state index >= 15 is 0 Å². The van der Waals surface area contributed by atoms with Crippen molar-refractivity contribution in [3.63, 3.8) is 0 Å². The Morgan fingerprint density at radius 1 is 1.21 bits per heavy atom. The Hall–Kier alpha value is -0.770. The summed E-state index contributed by atoms with van der Waals surface area (Å²) in [4.78, 5) is 1.20. The van der Waals surface area contributed by atoms with Crippen LogP contribution in [0, 0.1) is 0 Å². The zero-order valence-electron chi connectivity index (χ0n) is 7.50. The van der Waals surface area contributed by atoms with Crippen molar-refractivity contribution in [3.8, 4) is 0 Å². The van der Waals surface area contributed by atoms with Crippen LogP contribution in [-0.2, 0) is 13.0 Å². The minimum Gasteiger partial charge on any atom is -0.464 e. The van der Waals surface area contributed by atoms with Gasteiger partial charge in [0.15, 0.2) is 0 Å². The summed E-state index contributed by atoms with van der Waals surface area (Å²) in [6.45, 7) is 0.450. The predicted molar refractivity (Wildman–Crippen MR) is 58.7 cm³/mol. The molecule has 2 aromatic heterocycles. The van der Waals surface area contributed by atoms with Crippen molar-refractivity contribution < 1.29 is 4.42 Å². The van der Waals surface area contributed by atoms with Crippen molar-refractivity contribution in [1.29, 1.82) is 0 Å². The Labute approximate surface area is 91.3 Å². The molecule has 0 aliphatic rings. The van der Waals surface area contributed by atoms with Crippen LogP contribution in [0.25, 0.3) is 0 Å². The average Bonchev–Trinajstić information content (AvgIpc) is 2.76. The maximum absolute atomic E-state index is 5.83. The summed E-state index contributed by atoms with van der Waals surface area (Å²) in [6, 6.07) is 7.77. The van der Waals surface area contributed by atoms with Crippen LogP contribution in [0.2, 0.25) is 4.34 Å². The van der Waals surface area contributed by atoms with E-state index in [0.29, 0.717) is 6.54 Å². The molecule has 4 heteroatoms. The molecule has 0 spiro atoms. The molecule has 0 fully saturated rings. The fraction of sp³-hybridized carbons (Fsp3) is 0.200. The van der Waals surface area contributed by atoms with Gasteiger partial charge in [0.25, 0.3) is 0 Å². The van der Waals surface area contributed by atoms with Crippen LogP contribution in [-0.4, -0.2) is 0 Å². The molecule has 0 unspecified atom stereocenters. The van der Waals surface area contributed by atoms with E-state index in [-0.39, 0.29) is 0 Å². The number of rotatable bonds is 3. The highest BCUT2D eigenvalue weighted by Gasteiger charge is 2.04. The van der Waals surface area contributed by atoms with E-state index < -0.39 is 0 Å². The van der Waals surface area contributed by atoms with Crippen LogP contribution in [0.15, 0.2) is 28.7 Å². The van der Waals surface area contributed by atoms with Crippen molar-refractivity contribution >= 4 is 22.9 Å². The molecule has 0 aliphatic heterocycles. The summed E-state index contributed by atoms with van der Waals surface area (Å²) in [6.07, 6.45) is 0.789. The molecule has 0 bridgehead atoms. The van der Waals surface area contributed by atoms with Gasteiger partial charge in [-0.05, 0) is 24.3 Å². The first-order valence-electron chi connectivity index (χ1n) is 4.30. The monoisotopic (exact) mass is 227 g/mol. The van der Waals surface area contributed by atoms with Gasteiger partial charge in [-0.15, -0.1) is 11.3 Å². The van der Waals surface area contributed by atoms with Crippen LogP contribution in [0.1, 0.15) is 16.4 Å².